The van der Waals surface area contributed by atoms with Crippen LogP contribution in [0.1, 0.15) is 43.0 Å². The van der Waals surface area contributed by atoms with Gasteiger partial charge in [-0.3, -0.25) is 0 Å². The summed E-state index contributed by atoms with van der Waals surface area (Å²) < 4.78 is 0. The van der Waals surface area contributed by atoms with Crippen LogP contribution in [0.4, 0.5) is 5.82 Å². The van der Waals surface area contributed by atoms with E-state index in [1.54, 1.807) is 12.5 Å². The van der Waals surface area contributed by atoms with Crippen molar-refractivity contribution in [2.75, 3.05) is 5.73 Å². The molecule has 0 spiro atoms. The van der Waals surface area contributed by atoms with Gasteiger partial charge in [0.15, 0.2) is 0 Å². The molecule has 1 saturated carbocycles. The van der Waals surface area contributed by atoms with Gasteiger partial charge < -0.3 is 10.7 Å². The fourth-order valence-corrected chi connectivity index (χ4v) is 2.83. The molecule has 0 radical (unpaired) electrons. The highest BCUT2D eigenvalue weighted by atomic mass is 14.9. The van der Waals surface area contributed by atoms with Crippen molar-refractivity contribution in [1.82, 2.24) is 15.0 Å². The second kappa shape index (κ2) is 4.07. The highest BCUT2D eigenvalue weighted by Crippen LogP contribution is 2.59. The molecule has 0 unspecified atom stereocenters. The van der Waals surface area contributed by atoms with Gasteiger partial charge in [0.2, 0.25) is 0 Å². The largest absolute Gasteiger partial charge is 0.383 e. The number of rotatable bonds is 2. The van der Waals surface area contributed by atoms with Crippen molar-refractivity contribution >= 4 is 5.82 Å². The molecule has 2 heterocycles. The first kappa shape index (κ1) is 12.7. The van der Waals surface area contributed by atoms with E-state index in [0.717, 1.165) is 28.9 Å². The van der Waals surface area contributed by atoms with Crippen molar-refractivity contribution in [3.63, 3.8) is 0 Å². The smallest absolute Gasteiger partial charge is 0.142 e. The van der Waals surface area contributed by atoms with Gasteiger partial charge in [-0.15, -0.1) is 0 Å². The van der Waals surface area contributed by atoms with Crippen LogP contribution in [-0.4, -0.2) is 15.0 Å². The summed E-state index contributed by atoms with van der Waals surface area (Å²) in [4.78, 5) is 11.6. The fraction of sp³-hybridized carbons (Fsp3) is 0.400. The fourth-order valence-electron chi connectivity index (χ4n) is 2.83. The molecule has 0 aromatic carbocycles. The number of nitrogens with one attached hydrogen (secondary N) is 1. The number of nitrogens with zero attached hydrogens (tertiary/aromatic N) is 3. The lowest BCUT2D eigenvalue weighted by molar-refractivity contribution is 0.615. The number of anilines is 1. The zero-order chi connectivity index (χ0) is 14.5. The average molecular weight is 267 g/mol. The lowest BCUT2D eigenvalue weighted by Gasteiger charge is -2.14. The molecule has 3 N–H and O–H groups in total. The first-order valence-corrected chi connectivity index (χ1v) is 6.64. The molecular formula is C15H17N5. The van der Waals surface area contributed by atoms with Crippen LogP contribution in [0.15, 0.2) is 12.5 Å². The Hall–Kier alpha value is -2.35. The standard InChI is InChI=1S/C15H17N5/c1-8-12(11-6-18-7-19-11)9(5-16)14(17)20-13(8)10-4-15(10,2)3/h6-7,10H,4H2,1-3H3,(H2,17,20)(H,18,19)/t10-/m1/s1. The molecule has 1 fully saturated rings. The van der Waals surface area contributed by atoms with Crippen LogP contribution in [0.2, 0.25) is 0 Å². The number of aromatic nitrogens is 3. The lowest BCUT2D eigenvalue weighted by Crippen LogP contribution is -2.06. The second-order valence-electron chi connectivity index (χ2n) is 6.08. The number of pyridine rings is 1. The summed E-state index contributed by atoms with van der Waals surface area (Å²) in [5, 5.41) is 9.37. The SMILES string of the molecule is Cc1c([C@H]2CC2(C)C)nc(N)c(C#N)c1-c1cnc[nH]1. The van der Waals surface area contributed by atoms with Gasteiger partial charge in [0.1, 0.15) is 17.5 Å². The van der Waals surface area contributed by atoms with Crippen LogP contribution < -0.4 is 5.73 Å². The van der Waals surface area contributed by atoms with Crippen molar-refractivity contribution in [3.05, 3.63) is 29.3 Å². The number of nitrogen functional groups attached to an aromatic ring is 1. The highest BCUT2D eigenvalue weighted by Gasteiger charge is 2.48. The Balaban J connectivity index is 2.24. The summed E-state index contributed by atoms with van der Waals surface area (Å²) in [7, 11) is 0. The molecule has 0 saturated heterocycles. The van der Waals surface area contributed by atoms with Crippen LogP contribution in [0, 0.1) is 23.7 Å². The minimum absolute atomic E-state index is 0.267. The average Bonchev–Trinajstić information content (AvgIpc) is 2.80. The van der Waals surface area contributed by atoms with Crippen LogP contribution in [0.25, 0.3) is 11.3 Å². The number of H-pyrrole nitrogens is 1. The van der Waals surface area contributed by atoms with E-state index in [1.165, 1.54) is 0 Å². The third kappa shape index (κ3) is 1.76. The van der Waals surface area contributed by atoms with E-state index in [1.807, 2.05) is 6.92 Å². The Bertz CT molecular complexity index is 707. The monoisotopic (exact) mass is 267 g/mol. The first-order chi connectivity index (χ1) is 9.45. The highest BCUT2D eigenvalue weighted by molar-refractivity contribution is 5.76. The van der Waals surface area contributed by atoms with Crippen LogP contribution in [0.5, 0.6) is 0 Å². The Morgan fingerprint density at radius 2 is 2.20 bits per heavy atom. The molecule has 1 aliphatic rings. The van der Waals surface area contributed by atoms with E-state index < -0.39 is 0 Å². The molecule has 2 aromatic heterocycles. The van der Waals surface area contributed by atoms with Crippen molar-refractivity contribution < 1.29 is 0 Å². The van der Waals surface area contributed by atoms with E-state index in [-0.39, 0.29) is 5.41 Å². The number of nitrogens with two attached hydrogens (primary N) is 1. The maximum absolute atomic E-state index is 9.37. The Labute approximate surface area is 117 Å². The van der Waals surface area contributed by atoms with Gasteiger partial charge in [0.25, 0.3) is 0 Å². The molecule has 0 bridgehead atoms. The maximum Gasteiger partial charge on any atom is 0.142 e. The summed E-state index contributed by atoms with van der Waals surface area (Å²) in [6.45, 7) is 6.46. The minimum atomic E-state index is 0.267. The second-order valence-corrected chi connectivity index (χ2v) is 6.08. The number of hydrogen-bond donors (Lipinski definition) is 2. The summed E-state index contributed by atoms with van der Waals surface area (Å²) >= 11 is 0. The summed E-state index contributed by atoms with van der Waals surface area (Å²) in [5.74, 6) is 0.722. The maximum atomic E-state index is 9.37. The normalized spacial score (nSPS) is 19.6. The van der Waals surface area contributed by atoms with E-state index in [9.17, 15) is 5.26 Å². The Kier molecular flexibility index (Phi) is 2.58. The summed E-state index contributed by atoms with van der Waals surface area (Å²) in [6.07, 6.45) is 4.42. The topological polar surface area (TPSA) is 91.4 Å². The Morgan fingerprint density at radius 3 is 2.70 bits per heavy atom. The van der Waals surface area contributed by atoms with Crippen LogP contribution in [0.3, 0.4) is 0 Å². The number of aromatic amines is 1. The zero-order valence-electron chi connectivity index (χ0n) is 11.9. The lowest BCUT2D eigenvalue weighted by atomic mass is 9.95. The predicted molar refractivity (Wildman–Crippen MR) is 76.8 cm³/mol. The van der Waals surface area contributed by atoms with Gasteiger partial charge in [0.05, 0.1) is 23.9 Å². The molecule has 3 rings (SSSR count). The molecule has 0 amide bonds. The molecule has 1 aliphatic carbocycles. The van der Waals surface area contributed by atoms with Crippen molar-refractivity contribution in [2.45, 2.75) is 33.1 Å². The molecule has 0 aliphatic heterocycles. The molecule has 102 valence electrons. The van der Waals surface area contributed by atoms with Gasteiger partial charge in [-0.25, -0.2) is 9.97 Å². The predicted octanol–water partition coefficient (Wildman–Crippen LogP) is 2.75. The van der Waals surface area contributed by atoms with Crippen molar-refractivity contribution in [3.8, 4) is 17.3 Å². The minimum Gasteiger partial charge on any atom is -0.383 e. The van der Waals surface area contributed by atoms with E-state index in [2.05, 4.69) is 34.9 Å². The number of hydrogen-bond acceptors (Lipinski definition) is 4. The third-order valence-corrected chi connectivity index (χ3v) is 4.23. The Morgan fingerprint density at radius 1 is 1.50 bits per heavy atom. The van der Waals surface area contributed by atoms with E-state index in [4.69, 9.17) is 5.73 Å². The van der Waals surface area contributed by atoms with Gasteiger partial charge in [-0.1, -0.05) is 13.8 Å². The van der Waals surface area contributed by atoms with E-state index in [0.29, 0.717) is 17.3 Å². The summed E-state index contributed by atoms with van der Waals surface area (Å²) in [5.41, 5.74) is 10.4. The molecule has 5 nitrogen and oxygen atoms in total. The molecule has 5 heteroatoms. The summed E-state index contributed by atoms with van der Waals surface area (Å²) in [6, 6.07) is 2.16. The first-order valence-electron chi connectivity index (χ1n) is 6.64. The molecular weight excluding hydrogens is 250 g/mol. The number of imidazole rings is 1. The van der Waals surface area contributed by atoms with Gasteiger partial charge in [-0.05, 0) is 24.3 Å². The van der Waals surface area contributed by atoms with Gasteiger partial charge >= 0.3 is 0 Å². The van der Waals surface area contributed by atoms with Crippen LogP contribution in [-0.2, 0) is 0 Å². The molecule has 1 atom stereocenters. The van der Waals surface area contributed by atoms with Crippen molar-refractivity contribution in [1.29, 1.82) is 5.26 Å². The van der Waals surface area contributed by atoms with Gasteiger partial charge in [-0.2, -0.15) is 5.26 Å². The number of nitriles is 1. The quantitative estimate of drug-likeness (QED) is 0.875. The van der Waals surface area contributed by atoms with Gasteiger partial charge in [0, 0.05) is 11.5 Å². The van der Waals surface area contributed by atoms with Crippen LogP contribution >= 0.6 is 0 Å². The van der Waals surface area contributed by atoms with Crippen molar-refractivity contribution in [2.24, 2.45) is 5.41 Å². The third-order valence-electron chi connectivity index (χ3n) is 4.23. The molecule has 20 heavy (non-hydrogen) atoms. The molecule has 2 aromatic rings. The van der Waals surface area contributed by atoms with E-state index >= 15 is 0 Å². The zero-order valence-corrected chi connectivity index (χ0v) is 11.9.